The zero-order valence-electron chi connectivity index (χ0n) is 24.8. The fraction of sp³-hybridized carbons (Fsp3) is 0.696. The fourth-order valence-electron chi connectivity index (χ4n) is 3.40. The van der Waals surface area contributed by atoms with Gasteiger partial charge in [-0.3, -0.25) is 0 Å². The van der Waals surface area contributed by atoms with Crippen LogP contribution in [0.2, 0.25) is 0 Å². The van der Waals surface area contributed by atoms with Crippen LogP contribution in [0.4, 0.5) is 0 Å². The standard InChI is InChI=1S/C21H37BN9.C2H4O2.H2O.Zn/c1-13-23-16(19(4,5)6)26-29(13)22(30-14(2)24-17(27-30)20(7,8)9)31-15(3)25-18(28-31)21(10,11)12;1-2(3)4;;/h22H,1-12H3;1H3,(H,3,4);1H2;/q-1;;;+2/p-1. The molecule has 0 saturated heterocycles. The van der Waals surface area contributed by atoms with E-state index < -0.39 is 13.1 Å². The minimum atomic E-state index is -1.61. The summed E-state index contributed by atoms with van der Waals surface area (Å²) in [5, 5.41) is 23.7. The number of hydrogen-bond donors (Lipinski definition) is 0. The number of aliphatic carboxylic acids is 1. The molecule has 3 rings (SSSR count). The van der Waals surface area contributed by atoms with Crippen LogP contribution in [0.3, 0.4) is 0 Å². The maximum Gasteiger partial charge on any atom is 2.00 e. The van der Waals surface area contributed by atoms with Gasteiger partial charge < -0.3 is 29.2 Å². The number of carboxylic acid groups (broad SMARTS) is 1. The van der Waals surface area contributed by atoms with Crippen LogP contribution in [0.15, 0.2) is 0 Å². The normalized spacial score (nSPS) is 11.9. The molecule has 0 saturated carbocycles. The van der Waals surface area contributed by atoms with Crippen molar-refractivity contribution in [2.45, 2.75) is 106 Å². The second-order valence-electron chi connectivity index (χ2n) is 12.1. The van der Waals surface area contributed by atoms with E-state index in [1.807, 2.05) is 34.5 Å². The van der Waals surface area contributed by atoms with Crippen molar-refractivity contribution in [3.63, 3.8) is 0 Å². The molecule has 14 heteroatoms. The molecule has 3 heterocycles. The summed E-state index contributed by atoms with van der Waals surface area (Å²) in [6.45, 7) is 26.0. The largest absolute Gasteiger partial charge is 2.00 e. The van der Waals surface area contributed by atoms with E-state index in [0.717, 1.165) is 41.9 Å². The Morgan fingerprint density at radius 3 is 0.973 bits per heavy atom. The van der Waals surface area contributed by atoms with E-state index in [1.165, 1.54) is 0 Å². The van der Waals surface area contributed by atoms with Crippen molar-refractivity contribution in [2.24, 2.45) is 0 Å². The van der Waals surface area contributed by atoms with Crippen LogP contribution in [0, 0.1) is 20.8 Å². The number of aryl methyl sites for hydroxylation is 3. The van der Waals surface area contributed by atoms with E-state index in [4.69, 9.17) is 40.1 Å². The SMILES string of the molecule is CC(=O)[O-].Cc1nc(C(C)(C)C)nn1[BH-](n1nc(C(C)(C)C)nc1C)n1nc(C(C)(C)C)nc1C.O.[Zn+2]. The minimum absolute atomic E-state index is 0. The van der Waals surface area contributed by atoms with Crippen LogP contribution in [0.25, 0.3) is 0 Å². The molecule has 0 amide bonds. The Balaban J connectivity index is 0.00000201. The third-order valence-corrected chi connectivity index (χ3v) is 5.39. The molecule has 202 valence electrons. The molecular weight excluding hydrogens is 527 g/mol. The first-order chi connectivity index (χ1) is 15.7. The van der Waals surface area contributed by atoms with E-state index in [1.54, 1.807) is 0 Å². The quantitative estimate of drug-likeness (QED) is 0.420. The third-order valence-electron chi connectivity index (χ3n) is 5.39. The van der Waals surface area contributed by atoms with Crippen LogP contribution >= 0.6 is 0 Å². The van der Waals surface area contributed by atoms with Crippen molar-refractivity contribution in [2.75, 3.05) is 0 Å². The number of carbonyl (C=O) groups is 1. The Labute approximate surface area is 232 Å². The topological polar surface area (TPSA) is 164 Å². The smallest absolute Gasteiger partial charge is 0.550 e. The van der Waals surface area contributed by atoms with Crippen molar-refractivity contribution in [1.29, 1.82) is 0 Å². The molecule has 0 unspecified atom stereocenters. The number of carbonyl (C=O) groups excluding carboxylic acids is 1. The third kappa shape index (κ3) is 8.26. The van der Waals surface area contributed by atoms with Crippen molar-refractivity contribution >= 4 is 13.1 Å². The summed E-state index contributed by atoms with van der Waals surface area (Å²) < 4.78 is 5.88. The summed E-state index contributed by atoms with van der Waals surface area (Å²) in [5.74, 6) is 3.78. The summed E-state index contributed by atoms with van der Waals surface area (Å²) in [5.41, 5.74) is -0.494. The molecule has 0 fully saturated rings. The average molecular weight is 569 g/mol. The van der Waals surface area contributed by atoms with Crippen LogP contribution in [0.1, 0.15) is 104 Å². The summed E-state index contributed by atoms with van der Waals surface area (Å²) in [6, 6.07) is 0. The van der Waals surface area contributed by atoms with Gasteiger partial charge in [0, 0.05) is 22.2 Å². The first kappa shape index (κ1) is 34.5. The van der Waals surface area contributed by atoms with Gasteiger partial charge in [-0.15, -0.1) is 0 Å². The van der Waals surface area contributed by atoms with Crippen LogP contribution in [0.5, 0.6) is 0 Å². The van der Waals surface area contributed by atoms with E-state index in [2.05, 4.69) is 62.3 Å². The molecule has 0 aliphatic rings. The van der Waals surface area contributed by atoms with Gasteiger partial charge in [0.15, 0.2) is 17.5 Å². The van der Waals surface area contributed by atoms with E-state index >= 15 is 0 Å². The van der Waals surface area contributed by atoms with Crippen molar-refractivity contribution in [3.05, 3.63) is 34.9 Å². The Morgan fingerprint density at radius 2 is 0.838 bits per heavy atom. The molecule has 0 spiro atoms. The predicted octanol–water partition coefficient (Wildman–Crippen LogP) is 0.870. The first-order valence-electron chi connectivity index (χ1n) is 11.9. The molecule has 0 aliphatic carbocycles. The molecular formula is C23H42BN9O3Zn. The molecule has 0 radical (unpaired) electrons. The van der Waals surface area contributed by atoms with Gasteiger partial charge >= 0.3 is 26.6 Å². The molecule has 3 aromatic heterocycles. The second-order valence-corrected chi connectivity index (χ2v) is 12.1. The van der Waals surface area contributed by atoms with Crippen molar-refractivity contribution in [1.82, 2.24) is 44.0 Å². The Hall–Kier alpha value is -2.46. The number of aromatic nitrogens is 9. The van der Waals surface area contributed by atoms with Gasteiger partial charge in [0.2, 0.25) is 0 Å². The van der Waals surface area contributed by atoms with E-state index in [0.29, 0.717) is 0 Å². The van der Waals surface area contributed by atoms with Gasteiger partial charge in [0.05, 0.1) is 17.5 Å². The van der Waals surface area contributed by atoms with Gasteiger partial charge in [-0.05, 0) is 27.7 Å². The maximum absolute atomic E-state index is 8.89. The van der Waals surface area contributed by atoms with Gasteiger partial charge in [-0.2, -0.15) is 15.3 Å². The summed E-state index contributed by atoms with van der Waals surface area (Å²) in [6.07, 6.45) is 0. The second kappa shape index (κ2) is 11.9. The summed E-state index contributed by atoms with van der Waals surface area (Å²) in [7, 11) is -1.61. The Bertz CT molecular complexity index is 1060. The van der Waals surface area contributed by atoms with Crippen molar-refractivity contribution < 1.29 is 34.9 Å². The van der Waals surface area contributed by atoms with Gasteiger partial charge in [-0.1, -0.05) is 62.3 Å². The average Bonchev–Trinajstić information content (AvgIpc) is 3.33. The minimum Gasteiger partial charge on any atom is -0.550 e. The predicted molar refractivity (Wildman–Crippen MR) is 138 cm³/mol. The zero-order chi connectivity index (χ0) is 27.1. The van der Waals surface area contributed by atoms with Crippen LogP contribution in [-0.2, 0) is 40.5 Å². The first-order valence-corrected chi connectivity index (χ1v) is 11.9. The number of carboxylic acids is 1. The summed E-state index contributed by atoms with van der Waals surface area (Å²) >= 11 is 0. The Morgan fingerprint density at radius 1 is 0.649 bits per heavy atom. The van der Waals surface area contributed by atoms with Crippen molar-refractivity contribution in [3.8, 4) is 0 Å². The van der Waals surface area contributed by atoms with Crippen LogP contribution in [-0.4, -0.2) is 62.6 Å². The molecule has 2 N–H and O–H groups in total. The fourth-order valence-corrected chi connectivity index (χ4v) is 3.40. The van der Waals surface area contributed by atoms with E-state index in [-0.39, 0.29) is 41.2 Å². The number of rotatable bonds is 3. The zero-order valence-corrected chi connectivity index (χ0v) is 27.7. The summed E-state index contributed by atoms with van der Waals surface area (Å²) in [4.78, 5) is 23.2. The molecule has 0 bridgehead atoms. The number of nitrogens with zero attached hydrogens (tertiary/aromatic N) is 9. The Kier molecular flexibility index (Phi) is 11.1. The maximum atomic E-state index is 8.89. The molecule has 3 aromatic rings. The molecule has 12 nitrogen and oxygen atoms in total. The molecule has 0 atom stereocenters. The van der Waals surface area contributed by atoms with Gasteiger partial charge in [-0.25, -0.2) is 15.0 Å². The molecule has 0 aromatic carbocycles. The van der Waals surface area contributed by atoms with E-state index in [9.17, 15) is 0 Å². The molecule has 37 heavy (non-hydrogen) atoms. The monoisotopic (exact) mass is 567 g/mol. The molecule has 0 aliphatic heterocycles. The van der Waals surface area contributed by atoms with Crippen LogP contribution < -0.4 is 5.11 Å². The van der Waals surface area contributed by atoms with Gasteiger partial charge in [0.25, 0.3) is 0 Å². The van der Waals surface area contributed by atoms with Gasteiger partial charge in [0.1, 0.15) is 0 Å². The number of hydrogen-bond acceptors (Lipinski definition) is 8.